The zero-order valence-electron chi connectivity index (χ0n) is 30.7. The molecule has 2 N–H and O–H groups in total. The molecule has 2 aliphatic heterocycles. The van der Waals surface area contributed by atoms with Crippen molar-refractivity contribution in [3.8, 4) is 23.0 Å². The summed E-state index contributed by atoms with van der Waals surface area (Å²) >= 11 is 0. The van der Waals surface area contributed by atoms with Crippen molar-refractivity contribution in [1.29, 1.82) is 0 Å². The molecule has 4 atom stereocenters. The second kappa shape index (κ2) is 16.4. The first-order chi connectivity index (χ1) is 25.4. The van der Waals surface area contributed by atoms with Gasteiger partial charge in [0.05, 0.1) is 31.2 Å². The van der Waals surface area contributed by atoms with Crippen molar-refractivity contribution < 1.29 is 45.8 Å². The number of nitrogens with one attached hydrogen (secondary N) is 1. The maximum atomic E-state index is 16.8. The van der Waals surface area contributed by atoms with Gasteiger partial charge in [-0.25, -0.2) is 13.2 Å². The van der Waals surface area contributed by atoms with E-state index in [0.29, 0.717) is 19.3 Å². The number of carbonyl (C=O) groups is 2. The number of benzene rings is 2. The molecule has 0 saturated carbocycles. The number of hydrogen-bond donors (Lipinski definition) is 2. The van der Waals surface area contributed by atoms with E-state index in [4.69, 9.17) is 4.74 Å². The van der Waals surface area contributed by atoms with Crippen LogP contribution in [0.3, 0.4) is 0 Å². The normalized spacial score (nSPS) is 18.3. The molecular formula is C40H43F6N3O5. The third-order valence-electron chi connectivity index (χ3n) is 10.1. The number of alkyl halides is 3. The SMILES string of the molecule is CC#Cc1cc(F)c([C@@H](CC(=O)O)NC(=O)[C@H](CC(C)C)n2cc(CCN3C4CCC3COC4)c(C(F)(F)F)cc2=O)c(F)c1-c1c(C)cc(F)cc1C. The molecule has 2 saturated heterocycles. The molecule has 1 aromatic heterocycles. The Bertz CT molecular complexity index is 2010. The van der Waals surface area contributed by atoms with E-state index in [1.807, 2.05) is 0 Å². The number of nitrogens with zero attached hydrogens (tertiary/aromatic N) is 2. The molecule has 3 heterocycles. The van der Waals surface area contributed by atoms with Crippen molar-refractivity contribution in [3.05, 3.63) is 91.6 Å². The third kappa shape index (κ3) is 8.68. The Morgan fingerprint density at radius 3 is 2.20 bits per heavy atom. The first kappa shape index (κ1) is 40.6. The van der Waals surface area contributed by atoms with Crippen LogP contribution < -0.4 is 10.9 Å². The van der Waals surface area contributed by atoms with E-state index in [1.54, 1.807) is 13.8 Å². The number of aromatic nitrogens is 1. The molecule has 0 aliphatic carbocycles. The molecule has 2 bridgehead atoms. The maximum absolute atomic E-state index is 16.8. The summed E-state index contributed by atoms with van der Waals surface area (Å²) in [6.07, 6.45) is -3.32. The molecule has 2 fully saturated rings. The van der Waals surface area contributed by atoms with E-state index < -0.39 is 70.7 Å². The predicted molar refractivity (Wildman–Crippen MR) is 189 cm³/mol. The average molecular weight is 760 g/mol. The number of fused-ring (bicyclic) bond motifs is 2. The van der Waals surface area contributed by atoms with Crippen LogP contribution in [0.5, 0.6) is 0 Å². The number of carboxylic acids is 1. The number of rotatable bonds is 12. The number of aliphatic carboxylic acids is 1. The highest BCUT2D eigenvalue weighted by Crippen LogP contribution is 2.39. The minimum Gasteiger partial charge on any atom is -0.481 e. The predicted octanol–water partition coefficient (Wildman–Crippen LogP) is 7.26. The summed E-state index contributed by atoms with van der Waals surface area (Å²) in [6.45, 7) is 9.11. The topological polar surface area (TPSA) is 101 Å². The van der Waals surface area contributed by atoms with Crippen molar-refractivity contribution in [3.63, 3.8) is 0 Å². The minimum atomic E-state index is -4.87. The minimum absolute atomic E-state index is 0.0647. The van der Waals surface area contributed by atoms with Gasteiger partial charge in [0.1, 0.15) is 23.5 Å². The molecule has 0 radical (unpaired) electrons. The number of hydrogen-bond acceptors (Lipinski definition) is 5. The second-order valence-corrected chi connectivity index (χ2v) is 14.5. The Morgan fingerprint density at radius 1 is 1.02 bits per heavy atom. The smallest absolute Gasteiger partial charge is 0.416 e. The van der Waals surface area contributed by atoms with Gasteiger partial charge in [-0.15, -0.1) is 5.92 Å². The Balaban J connectivity index is 1.58. The zero-order valence-corrected chi connectivity index (χ0v) is 30.7. The average Bonchev–Trinajstić information content (AvgIpc) is 3.27. The number of ether oxygens (including phenoxy) is 1. The van der Waals surface area contributed by atoms with E-state index in [1.165, 1.54) is 20.8 Å². The van der Waals surface area contributed by atoms with Crippen LogP contribution in [0, 0.1) is 49.1 Å². The molecule has 5 rings (SSSR count). The lowest BCUT2D eigenvalue weighted by molar-refractivity contribution is -0.139. The fraction of sp³-hybridized carbons (Fsp3) is 0.475. The van der Waals surface area contributed by atoms with Crippen molar-refractivity contribution in [2.45, 2.75) is 97.1 Å². The molecule has 3 aromatic rings. The number of carboxylic acid groups (broad SMARTS) is 1. The van der Waals surface area contributed by atoms with Crippen LogP contribution in [0.1, 0.15) is 91.9 Å². The van der Waals surface area contributed by atoms with E-state index in [2.05, 4.69) is 22.1 Å². The Morgan fingerprint density at radius 2 is 1.65 bits per heavy atom. The second-order valence-electron chi connectivity index (χ2n) is 14.5. The number of halogens is 6. The zero-order chi connectivity index (χ0) is 39.6. The van der Waals surface area contributed by atoms with Crippen LogP contribution in [-0.4, -0.2) is 58.3 Å². The van der Waals surface area contributed by atoms with Gasteiger partial charge in [-0.2, -0.15) is 13.2 Å². The molecule has 8 nitrogen and oxygen atoms in total. The van der Waals surface area contributed by atoms with Gasteiger partial charge < -0.3 is 19.7 Å². The lowest BCUT2D eigenvalue weighted by Gasteiger charge is -2.34. The summed E-state index contributed by atoms with van der Waals surface area (Å²) in [5.74, 6) is -0.677. The largest absolute Gasteiger partial charge is 0.481 e. The molecule has 2 aliphatic rings. The number of pyridine rings is 1. The lowest BCUT2D eigenvalue weighted by atomic mass is 9.88. The molecule has 2 unspecified atom stereocenters. The number of morpholine rings is 1. The standard InChI is InChI=1S/C40H43F6N3O5/c1-6-7-24-15-30(42)37(38(43)36(24)35-22(4)13-26(41)14-23(35)5)31(17-34(51)52)47-39(53)32(12-21(2)3)49-18-25(29(16-33(49)50)40(44,45)46)10-11-48-27-8-9-28(48)20-54-19-27/h13-16,18,21,27-28,31-32H,8-12,17,19-20H2,1-5H3,(H,47,53)(H,51,52)/t27?,28?,31-,32+/m1/s1. The summed E-state index contributed by atoms with van der Waals surface area (Å²) in [5.41, 5.74) is -2.83. The highest BCUT2D eigenvalue weighted by Gasteiger charge is 2.39. The van der Waals surface area contributed by atoms with Crippen LogP contribution in [0.25, 0.3) is 11.1 Å². The summed E-state index contributed by atoms with van der Waals surface area (Å²) in [5, 5.41) is 12.3. The van der Waals surface area contributed by atoms with Crippen LogP contribution in [0.15, 0.2) is 35.3 Å². The van der Waals surface area contributed by atoms with Gasteiger partial charge in [-0.1, -0.05) is 19.8 Å². The number of aryl methyl sites for hydroxylation is 2. The molecule has 0 spiro atoms. The van der Waals surface area contributed by atoms with Gasteiger partial charge in [-0.3, -0.25) is 19.3 Å². The Labute approximate surface area is 309 Å². The first-order valence-corrected chi connectivity index (χ1v) is 17.8. The molecule has 1 amide bonds. The quantitative estimate of drug-likeness (QED) is 0.149. The molecule has 290 valence electrons. The van der Waals surface area contributed by atoms with Gasteiger partial charge in [0.2, 0.25) is 5.91 Å². The molecular weight excluding hydrogens is 716 g/mol. The van der Waals surface area contributed by atoms with Gasteiger partial charge in [-0.05, 0) is 92.8 Å². The Kier molecular flexibility index (Phi) is 12.3. The van der Waals surface area contributed by atoms with Crippen LogP contribution >= 0.6 is 0 Å². The monoisotopic (exact) mass is 759 g/mol. The summed E-state index contributed by atoms with van der Waals surface area (Å²) in [7, 11) is 0. The summed E-state index contributed by atoms with van der Waals surface area (Å²) < 4.78 is 96.4. The van der Waals surface area contributed by atoms with Crippen LogP contribution in [0.4, 0.5) is 26.3 Å². The molecule has 14 heteroatoms. The number of carbonyl (C=O) groups excluding carboxylic acids is 1. The summed E-state index contributed by atoms with van der Waals surface area (Å²) in [6, 6.07) is 0.480. The maximum Gasteiger partial charge on any atom is 0.416 e. The van der Waals surface area contributed by atoms with E-state index in [0.717, 1.165) is 41.8 Å². The van der Waals surface area contributed by atoms with Crippen molar-refractivity contribution >= 4 is 11.9 Å². The van der Waals surface area contributed by atoms with Gasteiger partial charge in [0.25, 0.3) is 5.56 Å². The van der Waals surface area contributed by atoms with E-state index in [9.17, 15) is 37.1 Å². The Hall–Kier alpha value is -4.61. The van der Waals surface area contributed by atoms with Crippen LogP contribution in [-0.2, 0) is 26.9 Å². The first-order valence-electron chi connectivity index (χ1n) is 17.8. The van der Waals surface area contributed by atoms with E-state index >= 15 is 8.78 Å². The van der Waals surface area contributed by atoms with Crippen molar-refractivity contribution in [2.75, 3.05) is 19.8 Å². The fourth-order valence-corrected chi connectivity index (χ4v) is 7.82. The third-order valence-corrected chi connectivity index (χ3v) is 10.1. The van der Waals surface area contributed by atoms with E-state index in [-0.39, 0.29) is 70.8 Å². The van der Waals surface area contributed by atoms with Gasteiger partial charge >= 0.3 is 12.1 Å². The molecule has 54 heavy (non-hydrogen) atoms. The van der Waals surface area contributed by atoms with Gasteiger partial charge in [0.15, 0.2) is 0 Å². The molecule has 2 aromatic carbocycles. The lowest BCUT2D eigenvalue weighted by Crippen LogP contribution is -2.46. The fourth-order valence-electron chi connectivity index (χ4n) is 7.82. The van der Waals surface area contributed by atoms with Gasteiger partial charge in [0, 0.05) is 47.6 Å². The highest BCUT2D eigenvalue weighted by molar-refractivity contribution is 5.83. The van der Waals surface area contributed by atoms with Crippen molar-refractivity contribution in [2.24, 2.45) is 5.92 Å². The number of amides is 1. The summed E-state index contributed by atoms with van der Waals surface area (Å²) in [4.78, 5) is 41.8. The van der Waals surface area contributed by atoms with Crippen LogP contribution in [0.2, 0.25) is 0 Å². The highest BCUT2D eigenvalue weighted by atomic mass is 19.4. The van der Waals surface area contributed by atoms with Crippen molar-refractivity contribution in [1.82, 2.24) is 14.8 Å².